The topological polar surface area (TPSA) is 94.0 Å². The van der Waals surface area contributed by atoms with Gasteiger partial charge in [0.2, 0.25) is 0 Å². The molecule has 2 rings (SSSR count). The number of carboxylic acid groups (broad SMARTS) is 1. The number of aromatic nitrogens is 3. The molecule has 0 aromatic carbocycles. The lowest BCUT2D eigenvalue weighted by Crippen LogP contribution is -2.38. The number of carbonyl (C=O) groups is 1. The monoisotopic (exact) mass is 210 g/mol. The summed E-state index contributed by atoms with van der Waals surface area (Å²) < 4.78 is 1.53. The largest absolute Gasteiger partial charge is 0.480 e. The van der Waals surface area contributed by atoms with Gasteiger partial charge >= 0.3 is 5.97 Å². The van der Waals surface area contributed by atoms with Crippen molar-refractivity contribution in [1.82, 2.24) is 14.8 Å². The maximum Gasteiger partial charge on any atom is 0.322 e. The Morgan fingerprint density at radius 3 is 2.93 bits per heavy atom. The SMILES string of the molecule is CC(C(N)C(=O)O)n1cnc(C2CC2)n1. The second-order valence-electron chi connectivity index (χ2n) is 3.96. The molecule has 0 amide bonds. The third-order valence-corrected chi connectivity index (χ3v) is 2.69. The Kier molecular flexibility index (Phi) is 2.44. The highest BCUT2D eigenvalue weighted by Gasteiger charge is 2.29. The van der Waals surface area contributed by atoms with Crippen molar-refractivity contribution in [2.24, 2.45) is 5.73 Å². The number of hydrogen-bond donors (Lipinski definition) is 2. The Morgan fingerprint density at radius 2 is 2.40 bits per heavy atom. The van der Waals surface area contributed by atoms with Crippen LogP contribution in [0.25, 0.3) is 0 Å². The molecule has 1 saturated carbocycles. The molecule has 0 saturated heterocycles. The molecule has 3 N–H and O–H groups in total. The molecule has 6 nitrogen and oxygen atoms in total. The van der Waals surface area contributed by atoms with Crippen molar-refractivity contribution in [3.63, 3.8) is 0 Å². The van der Waals surface area contributed by atoms with Crippen molar-refractivity contribution in [1.29, 1.82) is 0 Å². The number of aliphatic carboxylic acids is 1. The van der Waals surface area contributed by atoms with Gasteiger partial charge in [-0.15, -0.1) is 0 Å². The zero-order valence-corrected chi connectivity index (χ0v) is 8.50. The summed E-state index contributed by atoms with van der Waals surface area (Å²) in [5.74, 6) is 0.255. The van der Waals surface area contributed by atoms with E-state index in [0.29, 0.717) is 5.92 Å². The molecule has 82 valence electrons. The van der Waals surface area contributed by atoms with Crippen molar-refractivity contribution >= 4 is 5.97 Å². The fraction of sp³-hybridized carbons (Fsp3) is 0.667. The molecule has 1 aliphatic rings. The number of hydrogen-bond acceptors (Lipinski definition) is 4. The molecule has 2 atom stereocenters. The standard InChI is InChI=1S/C9H14N4O2/c1-5(7(10)9(14)15)13-4-11-8(12-13)6-2-3-6/h4-7H,2-3,10H2,1H3,(H,14,15). The maximum atomic E-state index is 10.7. The summed E-state index contributed by atoms with van der Waals surface area (Å²) >= 11 is 0. The highest BCUT2D eigenvalue weighted by Crippen LogP contribution is 2.37. The highest BCUT2D eigenvalue weighted by molar-refractivity contribution is 5.73. The van der Waals surface area contributed by atoms with E-state index in [1.54, 1.807) is 13.3 Å². The van der Waals surface area contributed by atoms with Crippen LogP contribution in [0.5, 0.6) is 0 Å². The van der Waals surface area contributed by atoms with Gasteiger partial charge in [-0.25, -0.2) is 9.67 Å². The minimum absolute atomic E-state index is 0.373. The lowest BCUT2D eigenvalue weighted by Gasteiger charge is -2.15. The molecule has 0 aliphatic heterocycles. The van der Waals surface area contributed by atoms with E-state index in [1.807, 2.05) is 0 Å². The van der Waals surface area contributed by atoms with E-state index in [1.165, 1.54) is 4.68 Å². The second kappa shape index (κ2) is 3.62. The minimum atomic E-state index is -1.02. The van der Waals surface area contributed by atoms with E-state index < -0.39 is 12.0 Å². The molecule has 0 spiro atoms. The van der Waals surface area contributed by atoms with Crippen molar-refractivity contribution in [3.8, 4) is 0 Å². The fourth-order valence-electron chi connectivity index (χ4n) is 1.38. The molecular weight excluding hydrogens is 196 g/mol. The molecule has 0 bridgehead atoms. The van der Waals surface area contributed by atoms with E-state index >= 15 is 0 Å². The van der Waals surface area contributed by atoms with Crippen LogP contribution in [0, 0.1) is 0 Å². The zero-order valence-electron chi connectivity index (χ0n) is 8.50. The Morgan fingerprint density at radius 1 is 1.73 bits per heavy atom. The van der Waals surface area contributed by atoms with E-state index in [-0.39, 0.29) is 6.04 Å². The molecule has 2 unspecified atom stereocenters. The smallest absolute Gasteiger partial charge is 0.322 e. The van der Waals surface area contributed by atoms with E-state index in [9.17, 15) is 4.79 Å². The van der Waals surface area contributed by atoms with Gasteiger partial charge in [-0.2, -0.15) is 5.10 Å². The zero-order chi connectivity index (χ0) is 11.0. The number of rotatable bonds is 4. The first-order valence-corrected chi connectivity index (χ1v) is 4.99. The van der Waals surface area contributed by atoms with Gasteiger partial charge in [0.05, 0.1) is 6.04 Å². The summed E-state index contributed by atoms with van der Waals surface area (Å²) in [6.07, 6.45) is 3.81. The number of carboxylic acids is 1. The molecular formula is C9H14N4O2. The minimum Gasteiger partial charge on any atom is -0.480 e. The van der Waals surface area contributed by atoms with Crippen LogP contribution >= 0.6 is 0 Å². The Hall–Kier alpha value is -1.43. The van der Waals surface area contributed by atoms with Crippen LogP contribution in [0.3, 0.4) is 0 Å². The van der Waals surface area contributed by atoms with Crippen LogP contribution in [0.1, 0.15) is 37.5 Å². The summed E-state index contributed by atoms with van der Waals surface area (Å²) in [5, 5.41) is 13.0. The Bertz CT molecular complexity index is 372. The van der Waals surface area contributed by atoms with Gasteiger partial charge < -0.3 is 10.8 Å². The maximum absolute atomic E-state index is 10.7. The third kappa shape index (κ3) is 1.99. The van der Waals surface area contributed by atoms with Gasteiger partial charge in [-0.1, -0.05) is 0 Å². The first kappa shape index (κ1) is 10.1. The van der Waals surface area contributed by atoms with Crippen molar-refractivity contribution in [2.75, 3.05) is 0 Å². The van der Waals surface area contributed by atoms with E-state index in [2.05, 4.69) is 10.1 Å². The average molecular weight is 210 g/mol. The third-order valence-electron chi connectivity index (χ3n) is 2.69. The van der Waals surface area contributed by atoms with Gasteiger partial charge in [0.25, 0.3) is 0 Å². The predicted octanol–water partition coefficient (Wildman–Crippen LogP) is 0.128. The molecule has 1 aromatic heterocycles. The van der Waals surface area contributed by atoms with Crippen molar-refractivity contribution < 1.29 is 9.90 Å². The molecule has 15 heavy (non-hydrogen) atoms. The van der Waals surface area contributed by atoms with Crippen LogP contribution in [0.4, 0.5) is 0 Å². The number of nitrogens with two attached hydrogens (primary N) is 1. The summed E-state index contributed by atoms with van der Waals surface area (Å²) in [5.41, 5.74) is 5.50. The fourth-order valence-corrected chi connectivity index (χ4v) is 1.38. The summed E-state index contributed by atoms with van der Waals surface area (Å²) in [7, 11) is 0. The molecule has 0 radical (unpaired) electrons. The summed E-state index contributed by atoms with van der Waals surface area (Å²) in [6, 6.07) is -1.32. The van der Waals surface area contributed by atoms with Crippen LogP contribution in [-0.2, 0) is 4.79 Å². The Balaban J connectivity index is 2.10. The summed E-state index contributed by atoms with van der Waals surface area (Å²) in [6.45, 7) is 1.73. The lowest BCUT2D eigenvalue weighted by molar-refractivity contribution is -0.139. The normalized spacial score (nSPS) is 19.9. The first-order chi connectivity index (χ1) is 7.09. The average Bonchev–Trinajstić information content (AvgIpc) is 2.94. The lowest BCUT2D eigenvalue weighted by atomic mass is 10.1. The highest BCUT2D eigenvalue weighted by atomic mass is 16.4. The molecule has 1 aliphatic carbocycles. The van der Waals surface area contributed by atoms with Crippen molar-refractivity contribution in [3.05, 3.63) is 12.2 Å². The van der Waals surface area contributed by atoms with Gasteiger partial charge in [0.1, 0.15) is 12.4 Å². The number of nitrogens with zero attached hydrogens (tertiary/aromatic N) is 3. The predicted molar refractivity (Wildman–Crippen MR) is 52.3 cm³/mol. The molecule has 1 heterocycles. The van der Waals surface area contributed by atoms with E-state index in [4.69, 9.17) is 10.8 Å². The first-order valence-electron chi connectivity index (χ1n) is 4.99. The van der Waals surface area contributed by atoms with Crippen molar-refractivity contribution in [2.45, 2.75) is 37.8 Å². The van der Waals surface area contributed by atoms with Gasteiger partial charge in [0, 0.05) is 5.92 Å². The van der Waals surface area contributed by atoms with Gasteiger partial charge in [-0.05, 0) is 19.8 Å². The molecule has 1 fully saturated rings. The summed E-state index contributed by atoms with van der Waals surface area (Å²) in [4.78, 5) is 14.8. The second-order valence-corrected chi connectivity index (χ2v) is 3.96. The van der Waals surface area contributed by atoms with Gasteiger partial charge in [-0.3, -0.25) is 4.79 Å². The van der Waals surface area contributed by atoms with Crippen LogP contribution in [0.2, 0.25) is 0 Å². The van der Waals surface area contributed by atoms with Crippen LogP contribution in [0.15, 0.2) is 6.33 Å². The van der Waals surface area contributed by atoms with Gasteiger partial charge in [0.15, 0.2) is 5.82 Å². The van der Waals surface area contributed by atoms with E-state index in [0.717, 1.165) is 18.7 Å². The quantitative estimate of drug-likeness (QED) is 0.736. The molecule has 6 heteroatoms. The molecule has 1 aromatic rings. The Labute approximate surface area is 87.1 Å². The van der Waals surface area contributed by atoms with Crippen LogP contribution in [-0.4, -0.2) is 31.9 Å². The van der Waals surface area contributed by atoms with Crippen LogP contribution < -0.4 is 5.73 Å².